The Hall–Kier alpha value is -2.27. The monoisotopic (exact) mass is 434 g/mol. The van der Waals surface area contributed by atoms with E-state index in [1.54, 1.807) is 4.31 Å². The Kier molecular flexibility index (Phi) is 4.89. The van der Waals surface area contributed by atoms with Gasteiger partial charge in [-0.15, -0.1) is 0 Å². The van der Waals surface area contributed by atoms with Crippen LogP contribution in [0.4, 0.5) is 5.95 Å². The van der Waals surface area contributed by atoms with E-state index in [0.29, 0.717) is 43.0 Å². The van der Waals surface area contributed by atoms with Crippen LogP contribution in [0.15, 0.2) is 15.8 Å². The van der Waals surface area contributed by atoms with Crippen molar-refractivity contribution in [2.24, 2.45) is 0 Å². The van der Waals surface area contributed by atoms with E-state index in [1.165, 1.54) is 10.8 Å². The molecule has 2 saturated carbocycles. The van der Waals surface area contributed by atoms with Crippen molar-refractivity contribution in [2.45, 2.75) is 68.7 Å². The minimum atomic E-state index is -3.14. The van der Waals surface area contributed by atoms with Crippen LogP contribution in [-0.4, -0.2) is 56.6 Å². The molecule has 11 heteroatoms. The Morgan fingerprint density at radius 2 is 1.73 bits per heavy atom. The van der Waals surface area contributed by atoms with E-state index in [1.807, 2.05) is 0 Å². The average molecular weight is 435 g/mol. The van der Waals surface area contributed by atoms with Crippen LogP contribution in [0.3, 0.4) is 0 Å². The van der Waals surface area contributed by atoms with Gasteiger partial charge in [0.25, 0.3) is 0 Å². The molecule has 0 unspecified atom stereocenters. The number of H-pyrrole nitrogens is 1. The third kappa shape index (κ3) is 3.53. The highest BCUT2D eigenvalue weighted by molar-refractivity contribution is 7.90. The lowest BCUT2D eigenvalue weighted by atomic mass is 10.1. The lowest BCUT2D eigenvalue weighted by Crippen LogP contribution is -2.43. The summed E-state index contributed by atoms with van der Waals surface area (Å²) in [6, 6.07) is 0.0448. The lowest BCUT2D eigenvalue weighted by Gasteiger charge is -2.31. The van der Waals surface area contributed by atoms with E-state index >= 15 is 0 Å². The number of nitrogens with zero attached hydrogens (tertiary/aromatic N) is 4. The molecule has 0 spiro atoms. The van der Waals surface area contributed by atoms with Gasteiger partial charge in [-0.3, -0.25) is 14.2 Å². The largest absolute Gasteiger partial charge is 0.351 e. The second kappa shape index (κ2) is 7.45. The molecule has 3 heterocycles. The second-order valence-electron chi connectivity index (χ2n) is 8.56. The van der Waals surface area contributed by atoms with Crippen molar-refractivity contribution >= 4 is 27.1 Å². The van der Waals surface area contributed by atoms with Crippen LogP contribution >= 0.6 is 0 Å². The zero-order valence-electron chi connectivity index (χ0n) is 16.7. The number of fused-ring (bicyclic) bond motifs is 1. The van der Waals surface area contributed by atoms with Gasteiger partial charge in [0.2, 0.25) is 16.0 Å². The van der Waals surface area contributed by atoms with E-state index in [2.05, 4.69) is 20.3 Å². The molecule has 162 valence electrons. The Morgan fingerprint density at radius 1 is 1.03 bits per heavy atom. The molecule has 0 amide bonds. The number of sulfonamides is 1. The van der Waals surface area contributed by atoms with Crippen molar-refractivity contribution < 1.29 is 8.42 Å². The summed E-state index contributed by atoms with van der Waals surface area (Å²) in [5.41, 5.74) is -0.333. The third-order valence-electron chi connectivity index (χ3n) is 6.44. The molecule has 0 atom stereocenters. The molecule has 3 aliphatic rings. The molecule has 30 heavy (non-hydrogen) atoms. The zero-order chi connectivity index (χ0) is 20.9. The van der Waals surface area contributed by atoms with Gasteiger partial charge in [0, 0.05) is 25.2 Å². The summed E-state index contributed by atoms with van der Waals surface area (Å²) in [5.74, 6) is 0.393. The minimum Gasteiger partial charge on any atom is -0.351 e. The average Bonchev–Trinajstić information content (AvgIpc) is 3.47. The van der Waals surface area contributed by atoms with Crippen molar-refractivity contribution in [2.75, 3.05) is 18.4 Å². The van der Waals surface area contributed by atoms with Crippen molar-refractivity contribution in [3.05, 3.63) is 26.9 Å². The van der Waals surface area contributed by atoms with Crippen LogP contribution in [0.1, 0.15) is 57.4 Å². The molecule has 10 nitrogen and oxygen atoms in total. The van der Waals surface area contributed by atoms with E-state index in [-0.39, 0.29) is 17.3 Å². The summed E-state index contributed by atoms with van der Waals surface area (Å²) in [6.07, 6.45) is 8.21. The molecule has 2 N–H and O–H groups in total. The standard InChI is InChI=1S/C19H26N6O4S/c26-17-18(27)25(13-3-1-2-4-13)16-15(22-17)11-20-19(23-16)21-12-7-9-24(10-8-12)30(28,29)14-5-6-14/h11-14H,1-10H2,(H,22,26)(H,20,21,23). The van der Waals surface area contributed by atoms with Gasteiger partial charge in [0.1, 0.15) is 5.52 Å². The SMILES string of the molecule is O=c1[nH]c2cnc(NC3CCN(S(=O)(=O)C4CC4)CC3)nc2n(C2CCCC2)c1=O. The molecule has 2 aliphatic carbocycles. The zero-order valence-corrected chi connectivity index (χ0v) is 17.5. The lowest BCUT2D eigenvalue weighted by molar-refractivity contribution is 0.328. The van der Waals surface area contributed by atoms with Crippen LogP contribution in [0.5, 0.6) is 0 Å². The van der Waals surface area contributed by atoms with Crippen LogP contribution in [0.2, 0.25) is 0 Å². The molecule has 3 fully saturated rings. The van der Waals surface area contributed by atoms with Crippen LogP contribution in [0, 0.1) is 0 Å². The number of hydrogen-bond donors (Lipinski definition) is 2. The molecular formula is C19H26N6O4S. The maximum Gasteiger partial charge on any atom is 0.318 e. The van der Waals surface area contributed by atoms with Crippen molar-refractivity contribution in [1.82, 2.24) is 23.8 Å². The quantitative estimate of drug-likeness (QED) is 0.671. The summed E-state index contributed by atoms with van der Waals surface area (Å²) in [7, 11) is -3.14. The Balaban J connectivity index is 1.37. The number of aromatic nitrogens is 4. The fourth-order valence-corrected chi connectivity index (χ4v) is 6.48. The highest BCUT2D eigenvalue weighted by atomic mass is 32.2. The molecule has 0 aromatic carbocycles. The molecule has 5 rings (SSSR count). The van der Waals surface area contributed by atoms with Gasteiger partial charge in [0.15, 0.2) is 5.65 Å². The van der Waals surface area contributed by atoms with Gasteiger partial charge in [-0.1, -0.05) is 12.8 Å². The summed E-state index contributed by atoms with van der Waals surface area (Å²) in [5, 5.41) is 3.11. The van der Waals surface area contributed by atoms with Crippen molar-refractivity contribution in [3.63, 3.8) is 0 Å². The Morgan fingerprint density at radius 3 is 2.40 bits per heavy atom. The van der Waals surface area contributed by atoms with Crippen LogP contribution < -0.4 is 16.4 Å². The summed E-state index contributed by atoms with van der Waals surface area (Å²) in [4.78, 5) is 36.0. The highest BCUT2D eigenvalue weighted by Crippen LogP contribution is 2.33. The van der Waals surface area contributed by atoms with Gasteiger partial charge in [-0.25, -0.2) is 17.7 Å². The fourth-order valence-electron chi connectivity index (χ4n) is 4.61. The summed E-state index contributed by atoms with van der Waals surface area (Å²) >= 11 is 0. The Bertz CT molecular complexity index is 1170. The topological polar surface area (TPSA) is 130 Å². The van der Waals surface area contributed by atoms with Gasteiger partial charge < -0.3 is 10.3 Å². The normalized spacial score (nSPS) is 22.0. The highest BCUT2D eigenvalue weighted by Gasteiger charge is 2.41. The third-order valence-corrected chi connectivity index (χ3v) is 8.84. The summed E-state index contributed by atoms with van der Waals surface area (Å²) < 4.78 is 27.9. The summed E-state index contributed by atoms with van der Waals surface area (Å²) in [6.45, 7) is 0.981. The van der Waals surface area contributed by atoms with Gasteiger partial charge in [-0.2, -0.15) is 4.98 Å². The number of anilines is 1. The number of nitrogens with one attached hydrogen (secondary N) is 2. The predicted octanol–water partition coefficient (Wildman–Crippen LogP) is 0.963. The fraction of sp³-hybridized carbons (Fsp3) is 0.684. The van der Waals surface area contributed by atoms with E-state index in [4.69, 9.17) is 0 Å². The smallest absolute Gasteiger partial charge is 0.318 e. The van der Waals surface area contributed by atoms with Crippen LogP contribution in [0.25, 0.3) is 11.2 Å². The number of aromatic amines is 1. The molecular weight excluding hydrogens is 408 g/mol. The predicted molar refractivity (Wildman–Crippen MR) is 112 cm³/mol. The minimum absolute atomic E-state index is 0.0130. The molecule has 1 saturated heterocycles. The van der Waals surface area contributed by atoms with Gasteiger partial charge in [-0.05, 0) is 38.5 Å². The van der Waals surface area contributed by atoms with E-state index in [9.17, 15) is 18.0 Å². The molecule has 0 radical (unpaired) electrons. The Labute approximate surface area is 173 Å². The first-order chi connectivity index (χ1) is 14.4. The first-order valence-corrected chi connectivity index (χ1v) is 12.2. The van der Waals surface area contributed by atoms with E-state index < -0.39 is 21.1 Å². The van der Waals surface area contributed by atoms with Crippen LogP contribution in [-0.2, 0) is 10.0 Å². The molecule has 1 aliphatic heterocycles. The van der Waals surface area contributed by atoms with Gasteiger partial charge in [0.05, 0.1) is 11.4 Å². The molecule has 2 aromatic rings. The van der Waals surface area contributed by atoms with Gasteiger partial charge >= 0.3 is 11.1 Å². The molecule has 0 bridgehead atoms. The second-order valence-corrected chi connectivity index (χ2v) is 10.8. The molecule has 2 aromatic heterocycles. The number of piperidine rings is 1. The maximum atomic E-state index is 12.5. The van der Waals surface area contributed by atoms with E-state index in [0.717, 1.165) is 38.5 Å². The first kappa shape index (κ1) is 19.7. The van der Waals surface area contributed by atoms with Crippen molar-refractivity contribution in [1.29, 1.82) is 0 Å². The maximum absolute atomic E-state index is 12.5. The number of hydrogen-bond acceptors (Lipinski definition) is 7. The van der Waals surface area contributed by atoms with Crippen molar-refractivity contribution in [3.8, 4) is 0 Å². The first-order valence-electron chi connectivity index (χ1n) is 10.7. The number of rotatable bonds is 5.